The van der Waals surface area contributed by atoms with Gasteiger partial charge in [-0.05, 0) is 11.6 Å². The predicted molar refractivity (Wildman–Crippen MR) is 68.6 cm³/mol. The molecular formula is C9H12N2O7P2. The minimum atomic E-state index is -4.60. The fraction of sp³-hybridized carbons (Fsp3) is 0.222. The van der Waals surface area contributed by atoms with E-state index in [9.17, 15) is 14.2 Å². The standard InChI is InChI=1S/C9H12N2O7P2/c12-9(20(16,17)18)3-6-1-2-7-10-8(19(13,14)15)5-11(7)4-6/h1-2,4-5,9,12H,3H2,(H2,13,14,15)(H2,16,17,18). The van der Waals surface area contributed by atoms with Gasteiger partial charge in [0.15, 0.2) is 11.3 Å². The second-order valence-corrected chi connectivity index (χ2v) is 7.54. The highest BCUT2D eigenvalue weighted by atomic mass is 31.2. The summed E-state index contributed by atoms with van der Waals surface area (Å²) in [7, 11) is -9.06. The van der Waals surface area contributed by atoms with E-state index in [4.69, 9.17) is 19.6 Å². The molecule has 20 heavy (non-hydrogen) atoms. The molecule has 0 amide bonds. The molecule has 2 aromatic heterocycles. The quantitative estimate of drug-likeness (QED) is 0.458. The Balaban J connectivity index is 2.35. The first-order chi connectivity index (χ1) is 9.07. The molecule has 0 aliphatic carbocycles. The van der Waals surface area contributed by atoms with Crippen LogP contribution in [-0.4, -0.2) is 39.9 Å². The third kappa shape index (κ3) is 3.34. The average Bonchev–Trinajstić information content (AvgIpc) is 2.70. The van der Waals surface area contributed by atoms with Crippen molar-refractivity contribution >= 4 is 26.3 Å². The molecule has 1 unspecified atom stereocenters. The first kappa shape index (κ1) is 15.3. The number of hydrogen-bond donors (Lipinski definition) is 5. The molecule has 0 radical (unpaired) electrons. The number of hydrogen-bond acceptors (Lipinski definition) is 4. The molecule has 0 saturated heterocycles. The van der Waals surface area contributed by atoms with Crippen LogP contribution in [0.1, 0.15) is 5.56 Å². The minimum absolute atomic E-state index is 0.276. The molecular weight excluding hydrogens is 310 g/mol. The molecule has 9 nitrogen and oxygen atoms in total. The van der Waals surface area contributed by atoms with Crippen molar-refractivity contribution in [2.24, 2.45) is 0 Å². The topological polar surface area (TPSA) is 153 Å². The van der Waals surface area contributed by atoms with E-state index in [1.165, 1.54) is 22.7 Å². The lowest BCUT2D eigenvalue weighted by Gasteiger charge is -2.12. The second kappa shape index (κ2) is 5.05. The predicted octanol–water partition coefficient (Wildman–Crippen LogP) is -0.824. The summed E-state index contributed by atoms with van der Waals surface area (Å²) in [5, 5.41) is 9.33. The van der Waals surface area contributed by atoms with Crippen molar-refractivity contribution in [2.75, 3.05) is 0 Å². The third-order valence-corrected chi connectivity index (χ3v) is 4.38. The fourth-order valence-corrected chi connectivity index (χ4v) is 2.57. The van der Waals surface area contributed by atoms with Crippen molar-refractivity contribution in [3.63, 3.8) is 0 Å². The maximum atomic E-state index is 11.1. The minimum Gasteiger partial charge on any atom is -0.380 e. The summed E-state index contributed by atoms with van der Waals surface area (Å²) >= 11 is 0. The van der Waals surface area contributed by atoms with Gasteiger partial charge in [-0.2, -0.15) is 0 Å². The van der Waals surface area contributed by atoms with Crippen LogP contribution in [0.15, 0.2) is 24.5 Å². The van der Waals surface area contributed by atoms with Crippen LogP contribution in [-0.2, 0) is 15.6 Å². The lowest BCUT2D eigenvalue weighted by molar-refractivity contribution is 0.202. The Labute approximate surface area is 112 Å². The van der Waals surface area contributed by atoms with Crippen LogP contribution < -0.4 is 5.44 Å². The zero-order valence-corrected chi connectivity index (χ0v) is 11.7. The van der Waals surface area contributed by atoms with Gasteiger partial charge < -0.3 is 29.1 Å². The number of pyridine rings is 1. The van der Waals surface area contributed by atoms with Crippen LogP contribution in [0.3, 0.4) is 0 Å². The number of aliphatic hydroxyl groups is 1. The van der Waals surface area contributed by atoms with Crippen LogP contribution in [0.25, 0.3) is 5.65 Å². The lowest BCUT2D eigenvalue weighted by Crippen LogP contribution is -2.11. The van der Waals surface area contributed by atoms with Gasteiger partial charge in [-0.1, -0.05) is 6.07 Å². The lowest BCUT2D eigenvalue weighted by atomic mass is 10.2. The second-order valence-electron chi connectivity index (χ2n) is 4.22. The van der Waals surface area contributed by atoms with Crippen molar-refractivity contribution in [1.29, 1.82) is 0 Å². The van der Waals surface area contributed by atoms with Gasteiger partial charge >= 0.3 is 15.2 Å². The zero-order chi connectivity index (χ0) is 15.1. The Hall–Kier alpha value is -1.05. The number of fused-ring (bicyclic) bond motifs is 1. The maximum absolute atomic E-state index is 11.1. The van der Waals surface area contributed by atoms with E-state index in [0.717, 1.165) is 6.20 Å². The van der Waals surface area contributed by atoms with Crippen molar-refractivity contribution in [3.05, 3.63) is 30.1 Å². The van der Waals surface area contributed by atoms with Gasteiger partial charge in [0.25, 0.3) is 0 Å². The van der Waals surface area contributed by atoms with Gasteiger partial charge in [0.2, 0.25) is 0 Å². The molecule has 5 N–H and O–H groups in total. The van der Waals surface area contributed by atoms with Crippen LogP contribution in [0.5, 0.6) is 0 Å². The molecule has 0 bridgehead atoms. The SMILES string of the molecule is O=P(O)(O)c1cn2cc(CC(O)P(=O)(O)O)ccc2n1. The van der Waals surface area contributed by atoms with E-state index in [1.54, 1.807) is 0 Å². The molecule has 0 aromatic carbocycles. The number of aromatic nitrogens is 2. The van der Waals surface area contributed by atoms with E-state index in [1.807, 2.05) is 0 Å². The van der Waals surface area contributed by atoms with Crippen LogP contribution in [0, 0.1) is 0 Å². The fourth-order valence-electron chi connectivity index (χ4n) is 1.62. The summed E-state index contributed by atoms with van der Waals surface area (Å²) in [6, 6.07) is 2.89. The molecule has 0 spiro atoms. The number of nitrogens with zero attached hydrogens (tertiary/aromatic N) is 2. The van der Waals surface area contributed by atoms with Gasteiger partial charge in [-0.3, -0.25) is 9.13 Å². The largest absolute Gasteiger partial charge is 0.380 e. The molecule has 0 fully saturated rings. The van der Waals surface area contributed by atoms with E-state index in [0.29, 0.717) is 5.56 Å². The summed E-state index contributed by atoms with van der Waals surface area (Å²) in [4.78, 5) is 39.4. The van der Waals surface area contributed by atoms with Gasteiger partial charge in [0.1, 0.15) is 5.65 Å². The molecule has 2 heterocycles. The van der Waals surface area contributed by atoms with Crippen molar-refractivity contribution in [2.45, 2.75) is 12.3 Å². The Morgan fingerprint density at radius 1 is 1.15 bits per heavy atom. The molecule has 11 heteroatoms. The Bertz CT molecular complexity index is 731. The van der Waals surface area contributed by atoms with Gasteiger partial charge in [-0.15, -0.1) is 0 Å². The van der Waals surface area contributed by atoms with Crippen LogP contribution >= 0.6 is 15.2 Å². The van der Waals surface area contributed by atoms with E-state index < -0.39 is 26.5 Å². The molecule has 0 saturated carbocycles. The summed E-state index contributed by atoms with van der Waals surface area (Å²) in [6.07, 6.45) is 2.23. The normalized spacial score (nSPS) is 14.7. The average molecular weight is 322 g/mol. The molecule has 0 aliphatic heterocycles. The smallest absolute Gasteiger partial charge is 0.376 e. The summed E-state index contributed by atoms with van der Waals surface area (Å²) in [5.74, 6) is -1.83. The maximum Gasteiger partial charge on any atom is 0.376 e. The van der Waals surface area contributed by atoms with E-state index in [-0.39, 0.29) is 12.1 Å². The van der Waals surface area contributed by atoms with Gasteiger partial charge in [0.05, 0.1) is 0 Å². The Morgan fingerprint density at radius 3 is 2.35 bits per heavy atom. The van der Waals surface area contributed by atoms with Crippen LogP contribution in [0.2, 0.25) is 0 Å². The molecule has 2 rings (SSSR count). The Kier molecular flexibility index (Phi) is 3.88. The van der Waals surface area contributed by atoms with Crippen molar-refractivity contribution < 1.29 is 33.8 Å². The zero-order valence-electron chi connectivity index (χ0n) is 9.94. The van der Waals surface area contributed by atoms with E-state index in [2.05, 4.69) is 4.98 Å². The number of imidazole rings is 1. The number of aliphatic hydroxyl groups excluding tert-OH is 1. The first-order valence-electron chi connectivity index (χ1n) is 5.34. The molecule has 1 atom stereocenters. The summed E-state index contributed by atoms with van der Waals surface area (Å²) in [5.41, 5.74) is 0.269. The van der Waals surface area contributed by atoms with Crippen molar-refractivity contribution in [1.82, 2.24) is 9.38 Å². The molecule has 2 aromatic rings. The molecule has 0 aliphatic rings. The number of rotatable bonds is 4. The first-order valence-corrected chi connectivity index (χ1v) is 8.64. The molecule has 110 valence electrons. The third-order valence-electron chi connectivity index (χ3n) is 2.60. The monoisotopic (exact) mass is 322 g/mol. The van der Waals surface area contributed by atoms with Crippen LogP contribution in [0.4, 0.5) is 0 Å². The van der Waals surface area contributed by atoms with Gasteiger partial charge in [-0.25, -0.2) is 4.98 Å². The summed E-state index contributed by atoms with van der Waals surface area (Å²) in [6.45, 7) is 0. The summed E-state index contributed by atoms with van der Waals surface area (Å²) < 4.78 is 23.2. The highest BCUT2D eigenvalue weighted by Crippen LogP contribution is 2.41. The van der Waals surface area contributed by atoms with Gasteiger partial charge in [0, 0.05) is 18.8 Å². The van der Waals surface area contributed by atoms with Crippen molar-refractivity contribution in [3.8, 4) is 0 Å². The van der Waals surface area contributed by atoms with E-state index >= 15 is 0 Å². The highest BCUT2D eigenvalue weighted by molar-refractivity contribution is 7.60. The highest BCUT2D eigenvalue weighted by Gasteiger charge is 2.26. The Morgan fingerprint density at radius 2 is 1.80 bits per heavy atom.